The van der Waals surface area contributed by atoms with Gasteiger partial charge in [-0.15, -0.1) is 0 Å². The van der Waals surface area contributed by atoms with Gasteiger partial charge in [-0.05, 0) is 23.4 Å². The van der Waals surface area contributed by atoms with Crippen LogP contribution in [0, 0.1) is 0 Å². The van der Waals surface area contributed by atoms with Crippen molar-refractivity contribution in [2.24, 2.45) is 0 Å². The normalized spacial score (nSPS) is 19.6. The second-order valence-corrected chi connectivity index (χ2v) is 4.64. The van der Waals surface area contributed by atoms with Crippen LogP contribution in [0.4, 0.5) is 0 Å². The van der Waals surface area contributed by atoms with Gasteiger partial charge in [0.1, 0.15) is 24.0 Å². The molecule has 1 heterocycles. The van der Waals surface area contributed by atoms with Gasteiger partial charge in [-0.2, -0.15) is 0 Å². The molecule has 0 aromatic heterocycles. The molecule has 0 bridgehead atoms. The number of hydrogen-bond donors (Lipinski definition) is 1. The Morgan fingerprint density at radius 3 is 2.80 bits per heavy atom. The Kier molecular flexibility index (Phi) is 3.06. The third kappa shape index (κ3) is 2.09. The second-order valence-electron chi connectivity index (χ2n) is 4.64. The molecule has 1 aromatic carbocycles. The van der Waals surface area contributed by atoms with Crippen molar-refractivity contribution in [3.05, 3.63) is 58.7 Å². The minimum absolute atomic E-state index is 0.116. The molecule has 4 heteroatoms. The van der Waals surface area contributed by atoms with Crippen molar-refractivity contribution >= 4 is 17.3 Å². The maximum atomic E-state index is 11.0. The van der Waals surface area contributed by atoms with Crippen LogP contribution in [0.5, 0.6) is 0 Å². The Bertz CT molecular complexity index is 740. The lowest BCUT2D eigenvalue weighted by Crippen LogP contribution is -2.39. The predicted octanol–water partition coefficient (Wildman–Crippen LogP) is 0.919. The molecule has 0 radical (unpaired) electrons. The molecule has 1 aliphatic carbocycles. The number of aliphatic carboxylic acids is 1. The molecule has 1 atom stereocenters. The average molecular weight is 270 g/mol. The number of fused-ring (bicyclic) bond motifs is 2. The zero-order chi connectivity index (χ0) is 14.1. The van der Waals surface area contributed by atoms with E-state index in [2.05, 4.69) is 0 Å². The van der Waals surface area contributed by atoms with Crippen LogP contribution in [-0.2, 0) is 14.3 Å². The summed E-state index contributed by atoms with van der Waals surface area (Å²) in [6, 6.07) is 7.68. The third-order valence-electron chi connectivity index (χ3n) is 3.39. The van der Waals surface area contributed by atoms with Gasteiger partial charge in [0, 0.05) is 10.8 Å². The average Bonchev–Trinajstić information content (AvgIpc) is 2.46. The summed E-state index contributed by atoms with van der Waals surface area (Å²) in [5, 5.41) is 10.8. The van der Waals surface area contributed by atoms with Crippen molar-refractivity contribution in [1.82, 2.24) is 0 Å². The maximum Gasteiger partial charge on any atom is 0.311 e. The van der Waals surface area contributed by atoms with E-state index < -0.39 is 5.97 Å². The number of methoxy groups -OCH3 is 1. The molecule has 1 aliphatic heterocycles. The summed E-state index contributed by atoms with van der Waals surface area (Å²) in [5.41, 5.74) is 0.995. The van der Waals surface area contributed by atoms with E-state index >= 15 is 0 Å². The fraction of sp³-hybridized carbons (Fsp3) is 0.188. The third-order valence-corrected chi connectivity index (χ3v) is 3.39. The number of carboxylic acid groups (broad SMARTS) is 1. The molecular weight excluding hydrogens is 256 g/mol. The molecule has 0 amide bonds. The van der Waals surface area contributed by atoms with E-state index in [4.69, 9.17) is 14.6 Å². The quantitative estimate of drug-likeness (QED) is 0.887. The highest BCUT2D eigenvalue weighted by molar-refractivity contribution is 5.78. The fourth-order valence-electron chi connectivity index (χ4n) is 2.50. The van der Waals surface area contributed by atoms with Crippen LogP contribution < -0.4 is 10.4 Å². The first-order valence-electron chi connectivity index (χ1n) is 6.34. The van der Waals surface area contributed by atoms with E-state index in [-0.39, 0.29) is 12.5 Å². The summed E-state index contributed by atoms with van der Waals surface area (Å²) < 4.78 is 11.1. The smallest absolute Gasteiger partial charge is 0.311 e. The van der Waals surface area contributed by atoms with Crippen LogP contribution >= 0.6 is 0 Å². The molecule has 102 valence electrons. The standard InChI is InChI=1S/C16H14O4/c1-19-10-6-7-14-13(8-10)11-4-2-3-5-12(11)15(20-14)9-16(17)18/h2-8,14H,9H2,1H3,(H,17,18). The first-order chi connectivity index (χ1) is 9.69. The minimum atomic E-state index is -0.897. The lowest BCUT2D eigenvalue weighted by molar-refractivity contribution is -0.136. The van der Waals surface area contributed by atoms with Crippen LogP contribution in [-0.4, -0.2) is 24.3 Å². The SMILES string of the molecule is COC1=CC2=c3ccccc3=C(CC(=O)O)OC2C=C1. The monoisotopic (exact) mass is 270 g/mol. The van der Waals surface area contributed by atoms with Gasteiger partial charge in [0.25, 0.3) is 0 Å². The zero-order valence-corrected chi connectivity index (χ0v) is 11.0. The Morgan fingerprint density at radius 1 is 1.35 bits per heavy atom. The van der Waals surface area contributed by atoms with Crippen LogP contribution in [0.1, 0.15) is 6.42 Å². The van der Waals surface area contributed by atoms with Crippen molar-refractivity contribution in [2.75, 3.05) is 7.11 Å². The summed E-state index contributed by atoms with van der Waals surface area (Å²) in [5.74, 6) is 0.364. The van der Waals surface area contributed by atoms with Gasteiger partial charge in [0.15, 0.2) is 0 Å². The molecule has 1 N–H and O–H groups in total. The molecule has 20 heavy (non-hydrogen) atoms. The van der Waals surface area contributed by atoms with Gasteiger partial charge in [-0.25, -0.2) is 0 Å². The minimum Gasteiger partial charge on any atom is -0.497 e. The molecule has 0 saturated heterocycles. The molecule has 1 unspecified atom stereocenters. The molecule has 1 aromatic rings. The van der Waals surface area contributed by atoms with Crippen molar-refractivity contribution < 1.29 is 19.4 Å². The van der Waals surface area contributed by atoms with Crippen molar-refractivity contribution in [2.45, 2.75) is 12.5 Å². The first-order valence-corrected chi connectivity index (χ1v) is 6.34. The van der Waals surface area contributed by atoms with Gasteiger partial charge in [0.2, 0.25) is 0 Å². The summed E-state index contributed by atoms with van der Waals surface area (Å²) in [4.78, 5) is 11.0. The fourth-order valence-corrected chi connectivity index (χ4v) is 2.50. The van der Waals surface area contributed by atoms with Crippen LogP contribution in [0.15, 0.2) is 48.3 Å². The number of rotatable bonds is 3. The molecule has 0 fully saturated rings. The largest absolute Gasteiger partial charge is 0.497 e. The van der Waals surface area contributed by atoms with E-state index in [1.54, 1.807) is 7.11 Å². The Labute approximate surface area is 115 Å². The lowest BCUT2D eigenvalue weighted by Gasteiger charge is -2.26. The van der Waals surface area contributed by atoms with Gasteiger partial charge in [0.05, 0.1) is 7.11 Å². The molecule has 0 saturated carbocycles. The van der Waals surface area contributed by atoms with Crippen molar-refractivity contribution in [1.29, 1.82) is 0 Å². The second kappa shape index (κ2) is 4.89. The van der Waals surface area contributed by atoms with Crippen molar-refractivity contribution in [3.8, 4) is 0 Å². The number of hydrogen-bond acceptors (Lipinski definition) is 3. The molecule has 4 nitrogen and oxygen atoms in total. The molecular formula is C16H14O4. The molecule has 2 aliphatic rings. The van der Waals surface area contributed by atoms with E-state index in [1.807, 2.05) is 42.5 Å². The lowest BCUT2D eigenvalue weighted by atomic mass is 9.96. The summed E-state index contributed by atoms with van der Waals surface area (Å²) >= 11 is 0. The Balaban J connectivity index is 2.27. The van der Waals surface area contributed by atoms with Crippen LogP contribution in [0.2, 0.25) is 0 Å². The van der Waals surface area contributed by atoms with E-state index in [0.29, 0.717) is 5.76 Å². The number of carbonyl (C=O) groups is 1. The highest BCUT2D eigenvalue weighted by atomic mass is 16.5. The summed E-state index contributed by atoms with van der Waals surface area (Å²) in [6.45, 7) is 0. The number of carboxylic acids is 1. The molecule has 0 spiro atoms. The highest BCUT2D eigenvalue weighted by Crippen LogP contribution is 2.24. The zero-order valence-electron chi connectivity index (χ0n) is 11.0. The Morgan fingerprint density at radius 2 is 2.10 bits per heavy atom. The summed E-state index contributed by atoms with van der Waals surface area (Å²) in [7, 11) is 1.62. The summed E-state index contributed by atoms with van der Waals surface area (Å²) in [6.07, 6.45) is 5.28. The topological polar surface area (TPSA) is 55.8 Å². The van der Waals surface area contributed by atoms with E-state index in [9.17, 15) is 4.79 Å². The van der Waals surface area contributed by atoms with E-state index in [0.717, 1.165) is 21.8 Å². The predicted molar refractivity (Wildman–Crippen MR) is 73.9 cm³/mol. The van der Waals surface area contributed by atoms with Gasteiger partial charge < -0.3 is 14.6 Å². The van der Waals surface area contributed by atoms with Crippen LogP contribution in [0.25, 0.3) is 11.3 Å². The Hall–Kier alpha value is -2.49. The highest BCUT2D eigenvalue weighted by Gasteiger charge is 2.23. The van der Waals surface area contributed by atoms with Crippen molar-refractivity contribution in [3.63, 3.8) is 0 Å². The van der Waals surface area contributed by atoms with Gasteiger partial charge >= 0.3 is 5.97 Å². The van der Waals surface area contributed by atoms with Crippen LogP contribution in [0.3, 0.4) is 0 Å². The molecule has 3 rings (SSSR count). The number of benzene rings is 1. The number of allylic oxidation sites excluding steroid dienone is 1. The number of ether oxygens (including phenoxy) is 2. The first kappa shape index (κ1) is 12.5. The van der Waals surface area contributed by atoms with Gasteiger partial charge in [-0.1, -0.05) is 24.3 Å². The van der Waals surface area contributed by atoms with E-state index in [1.165, 1.54) is 0 Å². The van der Waals surface area contributed by atoms with Gasteiger partial charge in [-0.3, -0.25) is 4.79 Å². The maximum absolute atomic E-state index is 11.0.